The summed E-state index contributed by atoms with van der Waals surface area (Å²) < 4.78 is 0. The Morgan fingerprint density at radius 2 is 1.92 bits per heavy atom. The molecule has 2 N–H and O–H groups in total. The molecule has 1 fully saturated rings. The van der Waals surface area contributed by atoms with Gasteiger partial charge in [0.05, 0.1) is 12.6 Å². The molecule has 5 heteroatoms. The third-order valence-corrected chi connectivity index (χ3v) is 4.82. The Balaban J connectivity index is 1.74. The van der Waals surface area contributed by atoms with E-state index in [-0.39, 0.29) is 12.6 Å². The first-order valence-corrected chi connectivity index (χ1v) is 8.58. The molecule has 1 aliphatic heterocycles. The van der Waals surface area contributed by atoms with Crippen LogP contribution >= 0.6 is 0 Å². The van der Waals surface area contributed by atoms with Crippen molar-refractivity contribution in [3.8, 4) is 0 Å². The van der Waals surface area contributed by atoms with Crippen molar-refractivity contribution in [2.24, 2.45) is 0 Å². The van der Waals surface area contributed by atoms with Crippen molar-refractivity contribution in [2.75, 3.05) is 23.4 Å². The highest BCUT2D eigenvalue weighted by atomic mass is 16.3. The molecule has 3 rings (SSSR count). The van der Waals surface area contributed by atoms with E-state index in [9.17, 15) is 5.11 Å². The third kappa shape index (κ3) is 3.51. The number of hydrogen-bond donors (Lipinski definition) is 2. The van der Waals surface area contributed by atoms with E-state index in [1.807, 2.05) is 6.07 Å². The second kappa shape index (κ2) is 7.18. The molecule has 1 aromatic heterocycles. The molecular weight excluding hydrogens is 300 g/mol. The van der Waals surface area contributed by atoms with Crippen molar-refractivity contribution in [3.05, 3.63) is 46.8 Å². The first-order valence-electron chi connectivity index (χ1n) is 8.58. The van der Waals surface area contributed by atoms with Crippen LogP contribution in [-0.4, -0.2) is 34.3 Å². The highest BCUT2D eigenvalue weighted by Crippen LogP contribution is 2.25. The summed E-state index contributed by atoms with van der Waals surface area (Å²) in [6.07, 6.45) is 3.71. The van der Waals surface area contributed by atoms with Crippen LogP contribution < -0.4 is 10.2 Å². The molecule has 0 bridgehead atoms. The number of benzene rings is 1. The van der Waals surface area contributed by atoms with Crippen molar-refractivity contribution in [2.45, 2.75) is 46.2 Å². The van der Waals surface area contributed by atoms with E-state index < -0.39 is 0 Å². The first-order chi connectivity index (χ1) is 11.6. The van der Waals surface area contributed by atoms with Gasteiger partial charge in [-0.25, -0.2) is 9.97 Å². The number of aliphatic hydroxyl groups excluding tert-OH is 1. The van der Waals surface area contributed by atoms with Gasteiger partial charge in [0.15, 0.2) is 0 Å². The summed E-state index contributed by atoms with van der Waals surface area (Å²) in [6, 6.07) is 6.58. The summed E-state index contributed by atoms with van der Waals surface area (Å²) in [7, 11) is 0. The number of hydrogen-bond acceptors (Lipinski definition) is 5. The summed E-state index contributed by atoms with van der Waals surface area (Å²) >= 11 is 0. The van der Waals surface area contributed by atoms with Gasteiger partial charge in [-0.3, -0.25) is 0 Å². The molecule has 0 amide bonds. The van der Waals surface area contributed by atoms with E-state index in [4.69, 9.17) is 0 Å². The molecule has 24 heavy (non-hydrogen) atoms. The molecule has 1 aliphatic rings. The Bertz CT molecular complexity index is 693. The van der Waals surface area contributed by atoms with Gasteiger partial charge in [-0.1, -0.05) is 17.7 Å². The highest BCUT2D eigenvalue weighted by Gasteiger charge is 2.25. The fourth-order valence-corrected chi connectivity index (χ4v) is 3.60. The van der Waals surface area contributed by atoms with E-state index in [0.717, 1.165) is 37.6 Å². The van der Waals surface area contributed by atoms with Crippen LogP contribution in [0, 0.1) is 20.8 Å². The monoisotopic (exact) mass is 326 g/mol. The minimum atomic E-state index is 0.175. The molecule has 0 spiro atoms. The zero-order chi connectivity index (χ0) is 17.1. The van der Waals surface area contributed by atoms with E-state index in [2.05, 4.69) is 53.1 Å². The van der Waals surface area contributed by atoms with Crippen molar-refractivity contribution >= 4 is 11.6 Å². The topological polar surface area (TPSA) is 61.3 Å². The zero-order valence-corrected chi connectivity index (χ0v) is 14.7. The average molecular weight is 326 g/mol. The van der Waals surface area contributed by atoms with Crippen LogP contribution in [0.2, 0.25) is 0 Å². The number of rotatable bonds is 5. The van der Waals surface area contributed by atoms with Gasteiger partial charge < -0.3 is 15.3 Å². The number of nitrogens with zero attached hydrogens (tertiary/aromatic N) is 3. The lowest BCUT2D eigenvalue weighted by Gasteiger charge is -2.24. The fraction of sp³-hybridized carbons (Fsp3) is 0.474. The molecule has 1 atom stereocenters. The number of aromatic nitrogens is 2. The summed E-state index contributed by atoms with van der Waals surface area (Å²) in [6.45, 7) is 8.29. The summed E-state index contributed by atoms with van der Waals surface area (Å²) in [4.78, 5) is 10.9. The van der Waals surface area contributed by atoms with Crippen LogP contribution in [0.5, 0.6) is 0 Å². The van der Waals surface area contributed by atoms with Crippen LogP contribution in [0.3, 0.4) is 0 Å². The maximum atomic E-state index is 9.50. The Morgan fingerprint density at radius 1 is 1.17 bits per heavy atom. The first kappa shape index (κ1) is 16.7. The lowest BCUT2D eigenvalue weighted by Crippen LogP contribution is -2.32. The summed E-state index contributed by atoms with van der Waals surface area (Å²) in [5.41, 5.74) is 5.21. The maximum absolute atomic E-state index is 9.50. The molecule has 2 aromatic rings. The SMILES string of the molecule is Cc1cc(C)c(CNc2cc(N3CCCC3CO)ncn2)c(C)c1. The highest BCUT2D eigenvalue weighted by molar-refractivity contribution is 5.50. The minimum Gasteiger partial charge on any atom is -0.394 e. The van der Waals surface area contributed by atoms with E-state index in [0.29, 0.717) is 0 Å². The van der Waals surface area contributed by atoms with Crippen molar-refractivity contribution in [3.63, 3.8) is 0 Å². The van der Waals surface area contributed by atoms with Crippen LogP contribution in [0.4, 0.5) is 11.6 Å². The third-order valence-electron chi connectivity index (χ3n) is 4.82. The summed E-state index contributed by atoms with van der Waals surface area (Å²) in [5.74, 6) is 1.71. The molecule has 0 aliphatic carbocycles. The van der Waals surface area contributed by atoms with E-state index >= 15 is 0 Å². The zero-order valence-electron chi connectivity index (χ0n) is 14.7. The quantitative estimate of drug-likeness (QED) is 0.884. The molecule has 0 radical (unpaired) electrons. The molecule has 1 saturated heterocycles. The van der Waals surface area contributed by atoms with Crippen molar-refractivity contribution < 1.29 is 5.11 Å². The molecule has 1 unspecified atom stereocenters. The van der Waals surface area contributed by atoms with Gasteiger partial charge in [0.2, 0.25) is 0 Å². The predicted molar refractivity (Wildman–Crippen MR) is 97.5 cm³/mol. The van der Waals surface area contributed by atoms with Crippen molar-refractivity contribution in [1.82, 2.24) is 9.97 Å². The van der Waals surface area contributed by atoms with Gasteiger partial charge in [0, 0.05) is 19.2 Å². The number of aliphatic hydroxyl groups is 1. The maximum Gasteiger partial charge on any atom is 0.134 e. The number of aryl methyl sites for hydroxylation is 3. The van der Waals surface area contributed by atoms with Gasteiger partial charge in [-0.15, -0.1) is 0 Å². The average Bonchev–Trinajstić information content (AvgIpc) is 3.03. The minimum absolute atomic E-state index is 0.175. The molecule has 0 saturated carbocycles. The Kier molecular flexibility index (Phi) is 5.00. The molecule has 1 aromatic carbocycles. The Labute approximate surface area is 143 Å². The van der Waals surface area contributed by atoms with E-state index in [1.165, 1.54) is 22.3 Å². The molecule has 5 nitrogen and oxygen atoms in total. The normalized spacial score (nSPS) is 17.3. The largest absolute Gasteiger partial charge is 0.394 e. The smallest absolute Gasteiger partial charge is 0.134 e. The van der Waals surface area contributed by atoms with Gasteiger partial charge in [0.25, 0.3) is 0 Å². The predicted octanol–water partition coefficient (Wildman–Crippen LogP) is 2.98. The second-order valence-electron chi connectivity index (χ2n) is 6.66. The van der Waals surface area contributed by atoms with Crippen LogP contribution in [-0.2, 0) is 6.54 Å². The number of anilines is 2. The van der Waals surface area contributed by atoms with Gasteiger partial charge >= 0.3 is 0 Å². The molecule has 128 valence electrons. The Morgan fingerprint density at radius 3 is 2.62 bits per heavy atom. The fourth-order valence-electron chi connectivity index (χ4n) is 3.60. The van der Waals surface area contributed by atoms with Gasteiger partial charge in [-0.2, -0.15) is 0 Å². The van der Waals surface area contributed by atoms with Gasteiger partial charge in [-0.05, 0) is 50.3 Å². The van der Waals surface area contributed by atoms with Crippen LogP contribution in [0.1, 0.15) is 35.1 Å². The summed E-state index contributed by atoms with van der Waals surface area (Å²) in [5, 5.41) is 12.9. The van der Waals surface area contributed by atoms with Crippen molar-refractivity contribution in [1.29, 1.82) is 0 Å². The molecule has 2 heterocycles. The van der Waals surface area contributed by atoms with Crippen LogP contribution in [0.15, 0.2) is 24.5 Å². The van der Waals surface area contributed by atoms with Crippen LogP contribution in [0.25, 0.3) is 0 Å². The number of nitrogens with one attached hydrogen (secondary N) is 1. The Hall–Kier alpha value is -2.14. The molecular formula is C19H26N4O. The van der Waals surface area contributed by atoms with Gasteiger partial charge in [0.1, 0.15) is 18.0 Å². The lowest BCUT2D eigenvalue weighted by molar-refractivity contribution is 0.266. The second-order valence-corrected chi connectivity index (χ2v) is 6.66. The van der Waals surface area contributed by atoms with E-state index in [1.54, 1.807) is 6.33 Å². The standard InChI is InChI=1S/C19H26N4O/c1-13-7-14(2)17(15(3)8-13)10-20-18-9-19(22-12-21-18)23-6-4-5-16(23)11-24/h7-9,12,16,24H,4-6,10-11H2,1-3H3,(H,20,21,22). The lowest BCUT2D eigenvalue weighted by atomic mass is 10.00.